The van der Waals surface area contributed by atoms with E-state index in [1.807, 2.05) is 19.1 Å². The molecule has 1 aromatic rings. The molecule has 1 amide bonds. The SMILES string of the molecule is COC[C@@H]1[C@H](NC(=O)c2c(C)cccc2Cl)[C@@H]2CCO[C@H]12. The van der Waals surface area contributed by atoms with Crippen molar-refractivity contribution in [2.45, 2.75) is 25.5 Å². The number of rotatable bonds is 4. The molecular weight excluding hydrogens is 290 g/mol. The van der Waals surface area contributed by atoms with Crippen molar-refractivity contribution in [3.05, 3.63) is 34.3 Å². The van der Waals surface area contributed by atoms with E-state index in [4.69, 9.17) is 21.1 Å². The maximum Gasteiger partial charge on any atom is 0.253 e. The van der Waals surface area contributed by atoms with E-state index in [9.17, 15) is 4.79 Å². The molecule has 1 N–H and O–H groups in total. The second kappa shape index (κ2) is 5.95. The summed E-state index contributed by atoms with van der Waals surface area (Å²) in [5.74, 6) is 0.528. The topological polar surface area (TPSA) is 47.6 Å². The number of fused-ring (bicyclic) bond motifs is 1. The summed E-state index contributed by atoms with van der Waals surface area (Å²) in [5.41, 5.74) is 1.46. The molecule has 0 unspecified atom stereocenters. The molecule has 114 valence electrons. The van der Waals surface area contributed by atoms with E-state index in [-0.39, 0.29) is 24.0 Å². The van der Waals surface area contributed by atoms with Crippen LogP contribution in [0.3, 0.4) is 0 Å². The standard InChI is InChI=1S/C16H20ClNO3/c1-9-4-3-5-12(17)13(9)16(19)18-14-10-6-7-21-15(10)11(14)8-20-2/h3-5,10-11,14-15H,6-8H2,1-2H3,(H,18,19)/t10-,11+,14+,15-/m0/s1. The van der Waals surface area contributed by atoms with Gasteiger partial charge in [-0.15, -0.1) is 0 Å². The molecular formula is C16H20ClNO3. The van der Waals surface area contributed by atoms with E-state index in [2.05, 4.69) is 5.32 Å². The Bertz CT molecular complexity index is 528. The van der Waals surface area contributed by atoms with Gasteiger partial charge in [-0.3, -0.25) is 4.79 Å². The van der Waals surface area contributed by atoms with Gasteiger partial charge in [-0.1, -0.05) is 23.7 Å². The van der Waals surface area contributed by atoms with Crippen LogP contribution in [0.25, 0.3) is 0 Å². The predicted molar refractivity (Wildman–Crippen MR) is 80.7 cm³/mol. The van der Waals surface area contributed by atoms with Crippen molar-refractivity contribution in [3.8, 4) is 0 Å². The summed E-state index contributed by atoms with van der Waals surface area (Å²) in [4.78, 5) is 12.6. The van der Waals surface area contributed by atoms with Crippen LogP contribution in [0, 0.1) is 18.8 Å². The molecule has 3 rings (SSSR count). The first kappa shape index (κ1) is 14.8. The van der Waals surface area contributed by atoms with Crippen LogP contribution in [-0.2, 0) is 9.47 Å². The third-order valence-corrected chi connectivity index (χ3v) is 4.95. The lowest BCUT2D eigenvalue weighted by Gasteiger charge is -2.47. The summed E-state index contributed by atoms with van der Waals surface area (Å²) in [7, 11) is 1.68. The van der Waals surface area contributed by atoms with Gasteiger partial charge < -0.3 is 14.8 Å². The average Bonchev–Trinajstić information content (AvgIpc) is 2.86. The van der Waals surface area contributed by atoms with Crippen LogP contribution in [-0.4, -0.2) is 38.4 Å². The number of carbonyl (C=O) groups excluding carboxylic acids is 1. The smallest absolute Gasteiger partial charge is 0.253 e. The summed E-state index contributed by atoms with van der Waals surface area (Å²) in [5, 5.41) is 3.63. The van der Waals surface area contributed by atoms with Gasteiger partial charge in [-0.2, -0.15) is 0 Å². The van der Waals surface area contributed by atoms with Crippen molar-refractivity contribution >= 4 is 17.5 Å². The van der Waals surface area contributed by atoms with Gasteiger partial charge in [0.05, 0.1) is 23.3 Å². The summed E-state index contributed by atoms with van der Waals surface area (Å²) >= 11 is 6.17. The molecule has 1 saturated carbocycles. The number of benzene rings is 1. The highest BCUT2D eigenvalue weighted by atomic mass is 35.5. The van der Waals surface area contributed by atoms with Crippen molar-refractivity contribution in [1.82, 2.24) is 5.32 Å². The lowest BCUT2D eigenvalue weighted by atomic mass is 9.67. The molecule has 1 heterocycles. The number of aryl methyl sites for hydroxylation is 1. The number of methoxy groups -OCH3 is 1. The molecule has 4 nitrogen and oxygen atoms in total. The van der Waals surface area contributed by atoms with Crippen molar-refractivity contribution < 1.29 is 14.3 Å². The van der Waals surface area contributed by atoms with Crippen molar-refractivity contribution in [3.63, 3.8) is 0 Å². The highest BCUT2D eigenvalue weighted by molar-refractivity contribution is 6.34. The Morgan fingerprint density at radius 2 is 2.33 bits per heavy atom. The lowest BCUT2D eigenvalue weighted by molar-refractivity contribution is -0.0809. The molecule has 2 fully saturated rings. The Kier molecular flexibility index (Phi) is 4.20. The van der Waals surface area contributed by atoms with Crippen LogP contribution in [0.5, 0.6) is 0 Å². The third-order valence-electron chi connectivity index (χ3n) is 4.63. The van der Waals surface area contributed by atoms with Crippen LogP contribution in [0.4, 0.5) is 0 Å². The molecule has 1 aliphatic carbocycles. The summed E-state index contributed by atoms with van der Waals surface area (Å²) < 4.78 is 11.0. The monoisotopic (exact) mass is 309 g/mol. The van der Waals surface area contributed by atoms with E-state index in [1.165, 1.54) is 0 Å². The van der Waals surface area contributed by atoms with Crippen LogP contribution in [0.2, 0.25) is 5.02 Å². The molecule has 1 aromatic carbocycles. The number of hydrogen-bond donors (Lipinski definition) is 1. The quantitative estimate of drug-likeness (QED) is 0.929. The Morgan fingerprint density at radius 3 is 3.05 bits per heavy atom. The summed E-state index contributed by atoms with van der Waals surface area (Å²) in [6.45, 7) is 3.27. The van der Waals surface area contributed by atoms with E-state index < -0.39 is 0 Å². The molecule has 1 aliphatic heterocycles. The van der Waals surface area contributed by atoms with Crippen LogP contribution in [0.1, 0.15) is 22.3 Å². The molecule has 21 heavy (non-hydrogen) atoms. The number of hydrogen-bond acceptors (Lipinski definition) is 3. The van der Waals surface area contributed by atoms with Crippen LogP contribution < -0.4 is 5.32 Å². The van der Waals surface area contributed by atoms with Crippen LogP contribution in [0.15, 0.2) is 18.2 Å². The minimum absolute atomic E-state index is 0.102. The van der Waals surface area contributed by atoms with Crippen LogP contribution >= 0.6 is 11.6 Å². The summed E-state index contributed by atoms with van der Waals surface area (Å²) in [6, 6.07) is 5.61. The number of amides is 1. The van der Waals surface area contributed by atoms with E-state index in [1.54, 1.807) is 13.2 Å². The molecule has 4 atom stereocenters. The minimum atomic E-state index is -0.102. The zero-order valence-electron chi connectivity index (χ0n) is 12.3. The number of ether oxygens (including phenoxy) is 2. The van der Waals surface area contributed by atoms with Crippen molar-refractivity contribution in [1.29, 1.82) is 0 Å². The van der Waals surface area contributed by atoms with Gasteiger partial charge in [0.1, 0.15) is 0 Å². The zero-order valence-corrected chi connectivity index (χ0v) is 13.0. The first-order valence-corrected chi connectivity index (χ1v) is 7.67. The highest BCUT2D eigenvalue weighted by Crippen LogP contribution is 2.44. The zero-order chi connectivity index (χ0) is 15.0. The maximum absolute atomic E-state index is 12.6. The first-order valence-electron chi connectivity index (χ1n) is 7.30. The van der Waals surface area contributed by atoms with Gasteiger partial charge in [-0.05, 0) is 25.0 Å². The summed E-state index contributed by atoms with van der Waals surface area (Å²) in [6.07, 6.45) is 1.22. The van der Waals surface area contributed by atoms with E-state index >= 15 is 0 Å². The van der Waals surface area contributed by atoms with Gasteiger partial charge >= 0.3 is 0 Å². The fourth-order valence-electron chi connectivity index (χ4n) is 3.58. The lowest BCUT2D eigenvalue weighted by Crippen LogP contribution is -2.62. The Morgan fingerprint density at radius 1 is 1.52 bits per heavy atom. The second-order valence-electron chi connectivity index (χ2n) is 5.84. The molecule has 2 aliphatic rings. The Labute approximate surface area is 129 Å². The van der Waals surface area contributed by atoms with E-state index in [0.29, 0.717) is 23.1 Å². The number of nitrogens with one attached hydrogen (secondary N) is 1. The van der Waals surface area contributed by atoms with Gasteiger partial charge in [0.25, 0.3) is 5.91 Å². The Balaban J connectivity index is 1.75. The predicted octanol–water partition coefficient (Wildman–Crippen LogP) is 2.43. The van der Waals surface area contributed by atoms with Crippen molar-refractivity contribution in [2.24, 2.45) is 11.8 Å². The fourth-order valence-corrected chi connectivity index (χ4v) is 3.89. The van der Waals surface area contributed by atoms with Gasteiger partial charge in [0, 0.05) is 31.6 Å². The Hall–Kier alpha value is -1.10. The first-order chi connectivity index (χ1) is 10.1. The van der Waals surface area contributed by atoms with Gasteiger partial charge in [0.2, 0.25) is 0 Å². The molecule has 5 heteroatoms. The number of halogens is 1. The highest BCUT2D eigenvalue weighted by Gasteiger charge is 2.54. The van der Waals surface area contributed by atoms with Crippen molar-refractivity contribution in [2.75, 3.05) is 20.3 Å². The normalized spacial score (nSPS) is 30.6. The van der Waals surface area contributed by atoms with E-state index in [0.717, 1.165) is 18.6 Å². The molecule has 0 radical (unpaired) electrons. The molecule has 0 bridgehead atoms. The van der Waals surface area contributed by atoms with Gasteiger partial charge in [-0.25, -0.2) is 0 Å². The fraction of sp³-hybridized carbons (Fsp3) is 0.562. The van der Waals surface area contributed by atoms with Gasteiger partial charge in [0.15, 0.2) is 0 Å². The molecule has 1 saturated heterocycles. The molecule has 0 spiro atoms. The third kappa shape index (κ3) is 2.56. The minimum Gasteiger partial charge on any atom is -0.384 e. The largest absolute Gasteiger partial charge is 0.384 e. The maximum atomic E-state index is 12.6. The second-order valence-corrected chi connectivity index (χ2v) is 6.25. The average molecular weight is 310 g/mol. The number of carbonyl (C=O) groups is 1. The molecule has 0 aromatic heterocycles.